The monoisotopic (exact) mass is 249 g/mol. The average molecular weight is 249 g/mol. The van der Waals surface area contributed by atoms with Crippen LogP contribution in [0.1, 0.15) is 5.56 Å². The van der Waals surface area contributed by atoms with Gasteiger partial charge >= 0.3 is 0 Å². The summed E-state index contributed by atoms with van der Waals surface area (Å²) in [5.74, 6) is -0.0651. The number of thioether (sulfide) groups is 1. The second kappa shape index (κ2) is 5.14. The van der Waals surface area contributed by atoms with E-state index in [1.807, 2.05) is 37.4 Å². The molecule has 1 heterocycles. The Bertz CT molecular complexity index is 514. The minimum atomic E-state index is -0.529. The standard InChI is InChI=1S/C12H12FN3S/c1-8-3-5-9(6-4-8)14-11-7-10(13)15-12(16-11)17-2/h3-7H,1-2H3,(H,14,15,16). The number of nitrogens with zero attached hydrogens (tertiary/aromatic N) is 2. The fourth-order valence-corrected chi connectivity index (χ4v) is 1.71. The van der Waals surface area contributed by atoms with Crippen LogP contribution in [-0.4, -0.2) is 16.2 Å². The molecule has 0 bridgehead atoms. The van der Waals surface area contributed by atoms with Gasteiger partial charge in [0.15, 0.2) is 5.16 Å². The average Bonchev–Trinajstić information content (AvgIpc) is 2.31. The van der Waals surface area contributed by atoms with Crippen LogP contribution in [0.15, 0.2) is 35.5 Å². The second-order valence-electron chi connectivity index (χ2n) is 3.55. The van der Waals surface area contributed by atoms with Gasteiger partial charge in [0.1, 0.15) is 5.82 Å². The summed E-state index contributed by atoms with van der Waals surface area (Å²) < 4.78 is 13.2. The van der Waals surface area contributed by atoms with E-state index in [9.17, 15) is 4.39 Å². The Kier molecular flexibility index (Phi) is 3.58. The van der Waals surface area contributed by atoms with E-state index in [1.165, 1.54) is 23.4 Å². The highest BCUT2D eigenvalue weighted by molar-refractivity contribution is 7.98. The van der Waals surface area contributed by atoms with Gasteiger partial charge in [0.25, 0.3) is 0 Å². The van der Waals surface area contributed by atoms with E-state index in [-0.39, 0.29) is 0 Å². The van der Waals surface area contributed by atoms with E-state index in [0.29, 0.717) is 11.0 Å². The lowest BCUT2D eigenvalue weighted by Gasteiger charge is -2.06. The molecule has 0 saturated carbocycles. The molecule has 5 heteroatoms. The first-order valence-electron chi connectivity index (χ1n) is 5.09. The van der Waals surface area contributed by atoms with Gasteiger partial charge in [0.2, 0.25) is 5.95 Å². The maximum Gasteiger partial charge on any atom is 0.219 e. The van der Waals surface area contributed by atoms with Crippen LogP contribution in [0.2, 0.25) is 0 Å². The second-order valence-corrected chi connectivity index (χ2v) is 4.33. The first-order valence-corrected chi connectivity index (χ1v) is 6.32. The minimum absolute atomic E-state index is 0.416. The molecular weight excluding hydrogens is 237 g/mol. The van der Waals surface area contributed by atoms with Crippen molar-refractivity contribution in [1.29, 1.82) is 0 Å². The minimum Gasteiger partial charge on any atom is -0.340 e. The predicted octanol–water partition coefficient (Wildman–Crippen LogP) is 3.39. The van der Waals surface area contributed by atoms with Crippen LogP contribution in [0.4, 0.5) is 15.9 Å². The van der Waals surface area contributed by atoms with Crippen LogP contribution < -0.4 is 5.32 Å². The van der Waals surface area contributed by atoms with Crippen molar-refractivity contribution in [3.63, 3.8) is 0 Å². The molecule has 2 aromatic rings. The molecule has 0 radical (unpaired) electrons. The van der Waals surface area contributed by atoms with Crippen LogP contribution in [0.3, 0.4) is 0 Å². The van der Waals surface area contributed by atoms with Gasteiger partial charge < -0.3 is 5.32 Å². The van der Waals surface area contributed by atoms with E-state index >= 15 is 0 Å². The zero-order valence-electron chi connectivity index (χ0n) is 9.57. The van der Waals surface area contributed by atoms with Crippen molar-refractivity contribution in [1.82, 2.24) is 9.97 Å². The smallest absolute Gasteiger partial charge is 0.219 e. The molecule has 0 fully saturated rings. The third kappa shape index (κ3) is 3.17. The fourth-order valence-electron chi connectivity index (χ4n) is 1.34. The molecule has 88 valence electrons. The summed E-state index contributed by atoms with van der Waals surface area (Å²) in [6, 6.07) is 9.09. The number of nitrogens with one attached hydrogen (secondary N) is 1. The van der Waals surface area contributed by atoms with Crippen LogP contribution >= 0.6 is 11.8 Å². The SMILES string of the molecule is CSc1nc(F)cc(Nc2ccc(C)cc2)n1. The number of hydrogen-bond donors (Lipinski definition) is 1. The third-order valence-corrected chi connectivity index (χ3v) is 2.73. The Morgan fingerprint density at radius 1 is 1.18 bits per heavy atom. The summed E-state index contributed by atoms with van der Waals surface area (Å²) in [6.07, 6.45) is 1.81. The summed E-state index contributed by atoms with van der Waals surface area (Å²) in [7, 11) is 0. The highest BCUT2D eigenvalue weighted by atomic mass is 32.2. The van der Waals surface area contributed by atoms with Gasteiger partial charge in [-0.2, -0.15) is 9.37 Å². The summed E-state index contributed by atoms with van der Waals surface area (Å²) in [6.45, 7) is 2.01. The molecule has 3 nitrogen and oxygen atoms in total. The number of anilines is 2. The lowest BCUT2D eigenvalue weighted by Crippen LogP contribution is -1.98. The zero-order chi connectivity index (χ0) is 12.3. The number of hydrogen-bond acceptors (Lipinski definition) is 4. The van der Waals surface area contributed by atoms with E-state index in [0.717, 1.165) is 5.69 Å². The first-order chi connectivity index (χ1) is 8.17. The molecule has 0 atom stereocenters. The summed E-state index contributed by atoms with van der Waals surface area (Å²) in [5.41, 5.74) is 2.05. The summed E-state index contributed by atoms with van der Waals surface area (Å²) in [5, 5.41) is 3.46. The molecule has 0 saturated heterocycles. The Balaban J connectivity index is 2.23. The highest BCUT2D eigenvalue weighted by Crippen LogP contribution is 2.18. The molecule has 1 N–H and O–H groups in total. The van der Waals surface area contributed by atoms with Gasteiger partial charge in [-0.25, -0.2) is 4.98 Å². The number of aromatic nitrogens is 2. The molecule has 17 heavy (non-hydrogen) atoms. The van der Waals surface area contributed by atoms with Gasteiger partial charge in [0, 0.05) is 11.8 Å². The summed E-state index contributed by atoms with van der Waals surface area (Å²) in [4.78, 5) is 7.82. The van der Waals surface area contributed by atoms with Crippen LogP contribution in [0, 0.1) is 12.9 Å². The maximum atomic E-state index is 13.2. The predicted molar refractivity (Wildman–Crippen MR) is 68.2 cm³/mol. The van der Waals surface area contributed by atoms with Crippen LogP contribution in [0.25, 0.3) is 0 Å². The van der Waals surface area contributed by atoms with Gasteiger partial charge in [-0.05, 0) is 25.3 Å². The fraction of sp³-hybridized carbons (Fsp3) is 0.167. The van der Waals surface area contributed by atoms with Gasteiger partial charge in [-0.3, -0.25) is 0 Å². The van der Waals surface area contributed by atoms with Crippen LogP contribution in [-0.2, 0) is 0 Å². The van der Waals surface area contributed by atoms with Gasteiger partial charge in [-0.1, -0.05) is 29.5 Å². The first kappa shape index (κ1) is 11.9. The molecule has 0 aliphatic heterocycles. The molecule has 0 aliphatic carbocycles. The maximum absolute atomic E-state index is 13.2. The van der Waals surface area contributed by atoms with Crippen molar-refractivity contribution < 1.29 is 4.39 Å². The quantitative estimate of drug-likeness (QED) is 0.514. The van der Waals surface area contributed by atoms with Crippen molar-refractivity contribution in [2.24, 2.45) is 0 Å². The van der Waals surface area contributed by atoms with Crippen LogP contribution in [0.5, 0.6) is 0 Å². The molecule has 0 unspecified atom stereocenters. The molecule has 0 aliphatic rings. The third-order valence-electron chi connectivity index (χ3n) is 2.18. The Morgan fingerprint density at radius 3 is 2.53 bits per heavy atom. The number of aryl methyl sites for hydroxylation is 1. The molecule has 1 aromatic heterocycles. The highest BCUT2D eigenvalue weighted by Gasteiger charge is 2.03. The Morgan fingerprint density at radius 2 is 1.88 bits per heavy atom. The van der Waals surface area contributed by atoms with Crippen molar-refractivity contribution in [3.8, 4) is 0 Å². The van der Waals surface area contributed by atoms with Crippen molar-refractivity contribution in [2.75, 3.05) is 11.6 Å². The number of benzene rings is 1. The lowest BCUT2D eigenvalue weighted by molar-refractivity contribution is 0.564. The van der Waals surface area contributed by atoms with Crippen molar-refractivity contribution in [2.45, 2.75) is 12.1 Å². The van der Waals surface area contributed by atoms with E-state index in [1.54, 1.807) is 0 Å². The molecule has 0 spiro atoms. The Labute approximate surface area is 103 Å². The normalized spacial score (nSPS) is 10.3. The van der Waals surface area contributed by atoms with E-state index in [2.05, 4.69) is 15.3 Å². The molecule has 0 amide bonds. The van der Waals surface area contributed by atoms with Crippen molar-refractivity contribution in [3.05, 3.63) is 41.8 Å². The number of halogens is 1. The lowest BCUT2D eigenvalue weighted by atomic mass is 10.2. The van der Waals surface area contributed by atoms with Gasteiger partial charge in [0.05, 0.1) is 0 Å². The van der Waals surface area contributed by atoms with E-state index < -0.39 is 5.95 Å². The van der Waals surface area contributed by atoms with Gasteiger partial charge in [-0.15, -0.1) is 0 Å². The number of rotatable bonds is 3. The molecule has 1 aromatic carbocycles. The topological polar surface area (TPSA) is 37.8 Å². The van der Waals surface area contributed by atoms with Crippen molar-refractivity contribution >= 4 is 23.3 Å². The largest absolute Gasteiger partial charge is 0.340 e. The molecular formula is C12H12FN3S. The summed E-state index contributed by atoms with van der Waals surface area (Å²) >= 11 is 1.31. The van der Waals surface area contributed by atoms with E-state index in [4.69, 9.17) is 0 Å². The molecule has 2 rings (SSSR count). The Hall–Kier alpha value is -1.62. The zero-order valence-corrected chi connectivity index (χ0v) is 10.4.